The maximum Gasteiger partial charge on any atom is 0.527 e. The van der Waals surface area contributed by atoms with Gasteiger partial charge in [0.15, 0.2) is 0 Å². The van der Waals surface area contributed by atoms with Crippen LogP contribution in [0.2, 0.25) is 0 Å². The zero-order valence-corrected chi connectivity index (χ0v) is 22.0. The van der Waals surface area contributed by atoms with Crippen LogP contribution in [0.5, 0.6) is 0 Å². The highest BCUT2D eigenvalue weighted by atomic mass is 16.8. The van der Waals surface area contributed by atoms with Crippen LogP contribution in [0, 0.1) is 11.3 Å². The Kier molecular flexibility index (Phi) is 6.79. The Labute approximate surface area is 229 Å². The SMILES string of the molecule is CCOC(=O)ON1CCC(CC#N)(n2cc(-c3cnc4ncc(Cc5ccc6ncccc6c5)n4n3)cn2)CC1. The number of pyridine rings is 1. The molecule has 0 unspecified atom stereocenters. The van der Waals surface area contributed by atoms with Crippen LogP contribution in [0.25, 0.3) is 27.9 Å². The van der Waals surface area contributed by atoms with E-state index >= 15 is 0 Å². The van der Waals surface area contributed by atoms with E-state index in [9.17, 15) is 10.1 Å². The predicted octanol–water partition coefficient (Wildman–Crippen LogP) is 3.92. The van der Waals surface area contributed by atoms with Gasteiger partial charge in [-0.2, -0.15) is 15.5 Å². The molecule has 1 saturated heterocycles. The number of nitriles is 1. The summed E-state index contributed by atoms with van der Waals surface area (Å²) < 4.78 is 8.47. The number of ether oxygens (including phenoxy) is 1. The van der Waals surface area contributed by atoms with Gasteiger partial charge in [-0.25, -0.2) is 19.3 Å². The van der Waals surface area contributed by atoms with Crippen molar-refractivity contribution in [2.24, 2.45) is 0 Å². The minimum absolute atomic E-state index is 0.248. The van der Waals surface area contributed by atoms with Gasteiger partial charge < -0.3 is 9.57 Å². The molecule has 1 fully saturated rings. The summed E-state index contributed by atoms with van der Waals surface area (Å²) in [5, 5.41) is 21.7. The van der Waals surface area contributed by atoms with Crippen molar-refractivity contribution in [1.82, 2.24) is 39.4 Å². The van der Waals surface area contributed by atoms with Gasteiger partial charge in [0.1, 0.15) is 5.69 Å². The number of hydroxylamine groups is 2. The molecule has 0 aliphatic carbocycles. The van der Waals surface area contributed by atoms with Crippen molar-refractivity contribution in [3.8, 4) is 17.3 Å². The van der Waals surface area contributed by atoms with E-state index in [0.29, 0.717) is 43.8 Å². The Morgan fingerprint density at radius 1 is 1.12 bits per heavy atom. The summed E-state index contributed by atoms with van der Waals surface area (Å²) >= 11 is 0. The third-order valence-corrected chi connectivity index (χ3v) is 7.24. The lowest BCUT2D eigenvalue weighted by molar-refractivity contribution is -0.150. The standard InChI is InChI=1S/C28H27N9O3/c1-2-39-27(38)40-35-12-8-28(7-10-29,9-13-35)36-19-22(16-33-36)25-18-32-26-31-17-23(37(26)34-25)15-20-5-6-24-21(14-20)4-3-11-30-24/h3-6,11,14,16-19H,2,7-9,12-13,15H2,1H3. The number of fused-ring (bicyclic) bond motifs is 2. The monoisotopic (exact) mass is 537 g/mol. The van der Waals surface area contributed by atoms with Gasteiger partial charge in [-0.1, -0.05) is 12.1 Å². The molecule has 5 heterocycles. The fourth-order valence-corrected chi connectivity index (χ4v) is 5.11. The molecule has 12 nitrogen and oxygen atoms in total. The molecule has 0 spiro atoms. The average molecular weight is 538 g/mol. The van der Waals surface area contributed by atoms with E-state index in [1.54, 1.807) is 41.3 Å². The number of hydrogen-bond acceptors (Lipinski definition) is 10. The summed E-state index contributed by atoms with van der Waals surface area (Å²) in [6.45, 7) is 2.90. The maximum atomic E-state index is 11.7. The second kappa shape index (κ2) is 10.7. The molecule has 0 saturated carbocycles. The number of piperidine rings is 1. The molecule has 0 bridgehead atoms. The second-order valence-electron chi connectivity index (χ2n) is 9.75. The lowest BCUT2D eigenvalue weighted by Crippen LogP contribution is -2.46. The zero-order chi connectivity index (χ0) is 27.5. The van der Waals surface area contributed by atoms with Gasteiger partial charge in [-0.05, 0) is 43.5 Å². The van der Waals surface area contributed by atoms with Crippen molar-refractivity contribution in [3.63, 3.8) is 0 Å². The number of carbonyl (C=O) groups excluding carboxylic acids is 1. The van der Waals surface area contributed by atoms with Crippen molar-refractivity contribution in [2.45, 2.75) is 38.1 Å². The third-order valence-electron chi connectivity index (χ3n) is 7.24. The summed E-state index contributed by atoms with van der Waals surface area (Å²) in [5.41, 5.74) is 3.90. The van der Waals surface area contributed by atoms with E-state index in [1.165, 1.54) is 0 Å². The summed E-state index contributed by atoms with van der Waals surface area (Å²) in [4.78, 5) is 30.3. The lowest BCUT2D eigenvalue weighted by Gasteiger charge is -2.39. The van der Waals surface area contributed by atoms with Crippen LogP contribution in [0.3, 0.4) is 0 Å². The first-order chi connectivity index (χ1) is 19.6. The smallest absolute Gasteiger partial charge is 0.433 e. The van der Waals surface area contributed by atoms with Gasteiger partial charge in [0.05, 0.1) is 54.4 Å². The van der Waals surface area contributed by atoms with Gasteiger partial charge in [-0.3, -0.25) is 9.67 Å². The van der Waals surface area contributed by atoms with Crippen LogP contribution >= 0.6 is 0 Å². The molecule has 1 aromatic carbocycles. The molecule has 0 radical (unpaired) electrons. The van der Waals surface area contributed by atoms with E-state index in [-0.39, 0.29) is 13.0 Å². The summed E-state index contributed by atoms with van der Waals surface area (Å²) in [6.07, 6.45) is 10.3. The molecule has 12 heteroatoms. The number of hydrogen-bond donors (Lipinski definition) is 0. The first kappa shape index (κ1) is 25.4. The van der Waals surface area contributed by atoms with Crippen LogP contribution in [0.1, 0.15) is 37.4 Å². The number of imidazole rings is 1. The number of aromatic nitrogens is 7. The quantitative estimate of drug-likeness (QED) is 0.281. The highest BCUT2D eigenvalue weighted by Gasteiger charge is 2.38. The Bertz CT molecular complexity index is 1710. The lowest BCUT2D eigenvalue weighted by atomic mass is 9.85. The summed E-state index contributed by atoms with van der Waals surface area (Å²) in [5.74, 6) is 0.517. The van der Waals surface area contributed by atoms with Crippen molar-refractivity contribution < 1.29 is 14.4 Å². The average Bonchev–Trinajstić information content (AvgIpc) is 3.62. The molecule has 40 heavy (non-hydrogen) atoms. The molecule has 0 amide bonds. The number of rotatable bonds is 7. The van der Waals surface area contributed by atoms with Crippen LogP contribution in [0.4, 0.5) is 4.79 Å². The van der Waals surface area contributed by atoms with Crippen molar-refractivity contribution >= 4 is 22.8 Å². The molecule has 4 aromatic heterocycles. The topological polar surface area (TPSA) is 136 Å². The van der Waals surface area contributed by atoms with E-state index < -0.39 is 11.7 Å². The minimum atomic E-state index is -0.720. The number of carbonyl (C=O) groups is 1. The highest BCUT2D eigenvalue weighted by molar-refractivity contribution is 5.79. The Morgan fingerprint density at radius 3 is 2.80 bits per heavy atom. The van der Waals surface area contributed by atoms with Crippen LogP contribution < -0.4 is 0 Å². The van der Waals surface area contributed by atoms with Gasteiger partial charge in [0.2, 0.25) is 0 Å². The molecule has 0 N–H and O–H groups in total. The van der Waals surface area contributed by atoms with Crippen molar-refractivity contribution in [3.05, 3.63) is 72.6 Å². The van der Waals surface area contributed by atoms with Crippen molar-refractivity contribution in [2.75, 3.05) is 19.7 Å². The largest absolute Gasteiger partial charge is 0.527 e. The Hall–Kier alpha value is -4.89. The fourth-order valence-electron chi connectivity index (χ4n) is 5.11. The van der Waals surface area contributed by atoms with E-state index in [4.69, 9.17) is 14.7 Å². The molecule has 6 rings (SSSR count). The van der Waals surface area contributed by atoms with E-state index in [1.807, 2.05) is 29.1 Å². The first-order valence-corrected chi connectivity index (χ1v) is 13.1. The molecule has 1 aliphatic heterocycles. The van der Waals surface area contributed by atoms with E-state index in [2.05, 4.69) is 38.3 Å². The molecule has 1 aliphatic rings. The maximum absolute atomic E-state index is 11.7. The highest BCUT2D eigenvalue weighted by Crippen LogP contribution is 2.34. The number of benzene rings is 1. The van der Waals surface area contributed by atoms with Gasteiger partial charge >= 0.3 is 6.16 Å². The summed E-state index contributed by atoms with van der Waals surface area (Å²) in [7, 11) is 0. The van der Waals surface area contributed by atoms with Gasteiger partial charge in [0.25, 0.3) is 5.78 Å². The Balaban J connectivity index is 1.23. The fraction of sp³-hybridized carbons (Fsp3) is 0.321. The Morgan fingerprint density at radius 2 is 1.98 bits per heavy atom. The van der Waals surface area contributed by atoms with Gasteiger partial charge in [0, 0.05) is 42.9 Å². The molecule has 5 aromatic rings. The molecular weight excluding hydrogens is 510 g/mol. The van der Waals surface area contributed by atoms with Crippen molar-refractivity contribution in [1.29, 1.82) is 5.26 Å². The predicted molar refractivity (Wildman–Crippen MR) is 144 cm³/mol. The normalized spacial score (nSPS) is 15.2. The van der Waals surface area contributed by atoms with Crippen LogP contribution in [0.15, 0.2) is 61.3 Å². The van der Waals surface area contributed by atoms with Crippen LogP contribution in [-0.2, 0) is 21.5 Å². The third kappa shape index (κ3) is 4.94. The van der Waals surface area contributed by atoms with Gasteiger partial charge in [-0.15, -0.1) is 5.06 Å². The molecular formula is C28H27N9O3. The first-order valence-electron chi connectivity index (χ1n) is 13.1. The number of nitrogens with zero attached hydrogens (tertiary/aromatic N) is 9. The second-order valence-corrected chi connectivity index (χ2v) is 9.75. The summed E-state index contributed by atoms with van der Waals surface area (Å²) in [6, 6.07) is 12.5. The minimum Gasteiger partial charge on any atom is -0.433 e. The molecule has 0 atom stereocenters. The molecule has 202 valence electrons. The van der Waals surface area contributed by atoms with Crippen LogP contribution in [-0.4, -0.2) is 65.3 Å². The van der Waals surface area contributed by atoms with E-state index in [0.717, 1.165) is 27.7 Å². The zero-order valence-electron chi connectivity index (χ0n) is 22.0.